The lowest BCUT2D eigenvalue weighted by molar-refractivity contribution is 0.0528. The molecule has 1 unspecified atom stereocenters. The zero-order valence-corrected chi connectivity index (χ0v) is 11.1. The Labute approximate surface area is 107 Å². The maximum atomic E-state index is 11.4. The number of halogens is 1. The lowest BCUT2D eigenvalue weighted by Crippen LogP contribution is -2.34. The van der Waals surface area contributed by atoms with Crippen molar-refractivity contribution in [2.75, 3.05) is 6.54 Å². The normalized spacial score (nSPS) is 12.9. The van der Waals surface area contributed by atoms with Gasteiger partial charge in [0.15, 0.2) is 0 Å². The van der Waals surface area contributed by atoms with E-state index < -0.39 is 11.7 Å². The van der Waals surface area contributed by atoms with E-state index in [4.69, 9.17) is 16.3 Å². The Balaban J connectivity index is 2.39. The highest BCUT2D eigenvalue weighted by molar-refractivity contribution is 6.21. The number of carbonyl (C=O) groups excluding carboxylic acids is 1. The SMILES string of the molecule is CC(C)(C)OC(=O)NCC(Cl)c1ccccc1. The number of hydrogen-bond acceptors (Lipinski definition) is 2. The summed E-state index contributed by atoms with van der Waals surface area (Å²) in [5.74, 6) is 0. The molecule has 0 radical (unpaired) electrons. The summed E-state index contributed by atoms with van der Waals surface area (Å²) in [4.78, 5) is 11.4. The van der Waals surface area contributed by atoms with Crippen LogP contribution in [0.3, 0.4) is 0 Å². The molecule has 0 saturated heterocycles. The molecule has 0 aliphatic rings. The van der Waals surface area contributed by atoms with Gasteiger partial charge in [-0.2, -0.15) is 0 Å². The summed E-state index contributed by atoms with van der Waals surface area (Å²) in [7, 11) is 0. The van der Waals surface area contributed by atoms with E-state index in [1.165, 1.54) is 0 Å². The van der Waals surface area contributed by atoms with Crippen LogP contribution in [-0.2, 0) is 4.74 Å². The van der Waals surface area contributed by atoms with E-state index >= 15 is 0 Å². The standard InChI is InChI=1S/C13H18ClNO2/c1-13(2,3)17-12(16)15-9-11(14)10-7-5-4-6-8-10/h4-8,11H,9H2,1-3H3,(H,15,16). The number of ether oxygens (including phenoxy) is 1. The van der Waals surface area contributed by atoms with Crippen LogP contribution < -0.4 is 5.32 Å². The van der Waals surface area contributed by atoms with Crippen molar-refractivity contribution in [2.24, 2.45) is 0 Å². The molecule has 4 heteroatoms. The van der Waals surface area contributed by atoms with Crippen molar-refractivity contribution in [3.05, 3.63) is 35.9 Å². The van der Waals surface area contributed by atoms with Crippen molar-refractivity contribution in [1.82, 2.24) is 5.32 Å². The van der Waals surface area contributed by atoms with Crippen LogP contribution in [0, 0.1) is 0 Å². The van der Waals surface area contributed by atoms with Gasteiger partial charge in [0.05, 0.1) is 5.38 Å². The molecule has 3 nitrogen and oxygen atoms in total. The Morgan fingerprint density at radius 2 is 1.94 bits per heavy atom. The molecule has 0 spiro atoms. The number of alkyl halides is 1. The largest absolute Gasteiger partial charge is 0.444 e. The van der Waals surface area contributed by atoms with Gasteiger partial charge in [0.1, 0.15) is 5.60 Å². The molecule has 0 aromatic heterocycles. The van der Waals surface area contributed by atoms with Crippen molar-refractivity contribution >= 4 is 17.7 Å². The highest BCUT2D eigenvalue weighted by Gasteiger charge is 2.17. The number of alkyl carbamates (subject to hydrolysis) is 1. The van der Waals surface area contributed by atoms with Crippen LogP contribution in [0.4, 0.5) is 4.79 Å². The van der Waals surface area contributed by atoms with E-state index in [1.54, 1.807) is 0 Å². The van der Waals surface area contributed by atoms with Gasteiger partial charge in [-0.25, -0.2) is 4.79 Å². The number of nitrogens with one attached hydrogen (secondary N) is 1. The van der Waals surface area contributed by atoms with Crippen LogP contribution in [0.2, 0.25) is 0 Å². The average Bonchev–Trinajstić information content (AvgIpc) is 2.25. The van der Waals surface area contributed by atoms with Gasteiger partial charge in [-0.15, -0.1) is 11.6 Å². The summed E-state index contributed by atoms with van der Waals surface area (Å²) < 4.78 is 5.12. The van der Waals surface area contributed by atoms with E-state index in [0.717, 1.165) is 5.56 Å². The minimum absolute atomic E-state index is 0.247. The van der Waals surface area contributed by atoms with Gasteiger partial charge < -0.3 is 10.1 Å². The fourth-order valence-electron chi connectivity index (χ4n) is 1.27. The van der Waals surface area contributed by atoms with E-state index in [-0.39, 0.29) is 5.38 Å². The summed E-state index contributed by atoms with van der Waals surface area (Å²) >= 11 is 6.15. The predicted molar refractivity (Wildman–Crippen MR) is 69.3 cm³/mol. The second kappa shape index (κ2) is 5.92. The molecule has 1 aromatic rings. The molecule has 17 heavy (non-hydrogen) atoms. The molecule has 0 bridgehead atoms. The lowest BCUT2D eigenvalue weighted by atomic mass is 10.1. The first-order valence-corrected chi connectivity index (χ1v) is 5.98. The zero-order valence-electron chi connectivity index (χ0n) is 10.4. The Morgan fingerprint density at radius 1 is 1.35 bits per heavy atom. The van der Waals surface area contributed by atoms with E-state index in [9.17, 15) is 4.79 Å². The molecule has 1 aromatic carbocycles. The quantitative estimate of drug-likeness (QED) is 0.840. The van der Waals surface area contributed by atoms with Crippen molar-refractivity contribution in [1.29, 1.82) is 0 Å². The van der Waals surface area contributed by atoms with E-state index in [0.29, 0.717) is 6.54 Å². The number of amides is 1. The maximum Gasteiger partial charge on any atom is 0.407 e. The number of hydrogen-bond donors (Lipinski definition) is 1. The first kappa shape index (κ1) is 13.8. The van der Waals surface area contributed by atoms with Crippen LogP contribution in [0.5, 0.6) is 0 Å². The molecular weight excluding hydrogens is 238 g/mol. The fraction of sp³-hybridized carbons (Fsp3) is 0.462. The molecule has 0 aliphatic heterocycles. The highest BCUT2D eigenvalue weighted by atomic mass is 35.5. The average molecular weight is 256 g/mol. The third kappa shape index (κ3) is 5.59. The van der Waals surface area contributed by atoms with Crippen LogP contribution >= 0.6 is 11.6 Å². The van der Waals surface area contributed by atoms with Crippen LogP contribution in [0.15, 0.2) is 30.3 Å². The molecule has 0 saturated carbocycles. The summed E-state index contributed by atoms with van der Waals surface area (Å²) in [6.45, 7) is 5.81. The van der Waals surface area contributed by atoms with Gasteiger partial charge in [-0.3, -0.25) is 0 Å². The molecule has 1 atom stereocenters. The van der Waals surface area contributed by atoms with Crippen molar-refractivity contribution in [3.8, 4) is 0 Å². The zero-order chi connectivity index (χ0) is 12.9. The number of rotatable bonds is 3. The first-order valence-electron chi connectivity index (χ1n) is 5.54. The van der Waals surface area contributed by atoms with Gasteiger partial charge in [0.2, 0.25) is 0 Å². The minimum Gasteiger partial charge on any atom is -0.444 e. The Hall–Kier alpha value is -1.22. The second-order valence-electron chi connectivity index (χ2n) is 4.76. The molecule has 0 fully saturated rings. The molecule has 1 N–H and O–H groups in total. The van der Waals surface area contributed by atoms with E-state index in [2.05, 4.69) is 5.32 Å². The third-order valence-corrected chi connectivity index (χ3v) is 2.39. The Kier molecular flexibility index (Phi) is 4.82. The number of benzene rings is 1. The van der Waals surface area contributed by atoms with Crippen LogP contribution in [-0.4, -0.2) is 18.2 Å². The molecule has 94 valence electrons. The van der Waals surface area contributed by atoms with Crippen molar-refractivity contribution in [2.45, 2.75) is 31.7 Å². The predicted octanol–water partition coefficient (Wildman–Crippen LogP) is 3.49. The smallest absolute Gasteiger partial charge is 0.407 e. The van der Waals surface area contributed by atoms with E-state index in [1.807, 2.05) is 51.1 Å². The van der Waals surface area contributed by atoms with Gasteiger partial charge in [-0.1, -0.05) is 30.3 Å². The van der Waals surface area contributed by atoms with Gasteiger partial charge in [-0.05, 0) is 26.3 Å². The Bertz CT molecular complexity index is 359. The molecule has 0 heterocycles. The summed E-state index contributed by atoms with van der Waals surface area (Å²) in [5, 5.41) is 2.40. The highest BCUT2D eigenvalue weighted by Crippen LogP contribution is 2.18. The summed E-state index contributed by atoms with van der Waals surface area (Å²) in [6, 6.07) is 9.60. The first-order chi connectivity index (χ1) is 7.88. The summed E-state index contributed by atoms with van der Waals surface area (Å²) in [6.07, 6.45) is -0.445. The van der Waals surface area contributed by atoms with Gasteiger partial charge >= 0.3 is 6.09 Å². The Morgan fingerprint density at radius 3 is 2.47 bits per heavy atom. The minimum atomic E-state index is -0.487. The maximum absolute atomic E-state index is 11.4. The van der Waals surface area contributed by atoms with Gasteiger partial charge in [0, 0.05) is 6.54 Å². The monoisotopic (exact) mass is 255 g/mol. The van der Waals surface area contributed by atoms with Crippen LogP contribution in [0.1, 0.15) is 31.7 Å². The molecular formula is C13H18ClNO2. The van der Waals surface area contributed by atoms with Crippen molar-refractivity contribution in [3.63, 3.8) is 0 Å². The third-order valence-electron chi connectivity index (χ3n) is 1.99. The number of carbonyl (C=O) groups is 1. The lowest BCUT2D eigenvalue weighted by Gasteiger charge is -2.20. The summed E-state index contributed by atoms with van der Waals surface area (Å²) in [5.41, 5.74) is 0.490. The van der Waals surface area contributed by atoms with Crippen molar-refractivity contribution < 1.29 is 9.53 Å². The molecule has 0 aliphatic carbocycles. The fourth-order valence-corrected chi connectivity index (χ4v) is 1.49. The topological polar surface area (TPSA) is 38.3 Å². The molecule has 1 rings (SSSR count). The van der Waals surface area contributed by atoms with Crippen LogP contribution in [0.25, 0.3) is 0 Å². The van der Waals surface area contributed by atoms with Gasteiger partial charge in [0.25, 0.3) is 0 Å². The molecule has 1 amide bonds. The second-order valence-corrected chi connectivity index (χ2v) is 5.29.